The van der Waals surface area contributed by atoms with E-state index in [0.717, 1.165) is 32.1 Å². The summed E-state index contributed by atoms with van der Waals surface area (Å²) in [6.07, 6.45) is 7.80. The zero-order valence-corrected chi connectivity index (χ0v) is 13.5. The highest BCUT2D eigenvalue weighted by molar-refractivity contribution is 5.92. The second-order valence-electron chi connectivity index (χ2n) is 8.86. The second-order valence-corrected chi connectivity index (χ2v) is 8.86. The molecule has 3 saturated carbocycles. The summed E-state index contributed by atoms with van der Waals surface area (Å²) in [5.41, 5.74) is 1.52. The number of rotatable bonds is 0. The maximum Gasteiger partial charge on any atom is 0.155 e. The Balaban J connectivity index is 1.59. The van der Waals surface area contributed by atoms with Crippen LogP contribution in [0, 0.1) is 28.6 Å². The Bertz CT molecular complexity index is 623. The number of Topliss-reactive ketones (excluding diaryl/α,β-unsaturated/α-hetero) is 1. The van der Waals surface area contributed by atoms with Crippen molar-refractivity contribution in [1.29, 1.82) is 0 Å². The Kier molecular flexibility index (Phi) is 2.40. The highest BCUT2D eigenvalue weighted by atomic mass is 16.1. The lowest BCUT2D eigenvalue weighted by Crippen LogP contribution is -2.53. The molecule has 1 N–H and O–H groups in total. The molecule has 0 aromatic rings. The first kappa shape index (κ1) is 13.5. The summed E-state index contributed by atoms with van der Waals surface area (Å²) in [4.78, 5) is 24.4. The Morgan fingerprint density at radius 2 is 1.82 bits per heavy atom. The first-order chi connectivity index (χ1) is 10.4. The van der Waals surface area contributed by atoms with Gasteiger partial charge in [-0.3, -0.25) is 9.59 Å². The molecule has 4 aliphatic carbocycles. The molecule has 0 aromatic carbocycles. The van der Waals surface area contributed by atoms with Gasteiger partial charge in [0.05, 0.1) is 0 Å². The average molecular weight is 299 g/mol. The van der Waals surface area contributed by atoms with Gasteiger partial charge in [-0.2, -0.15) is 0 Å². The number of fused-ring (bicyclic) bond motifs is 8. The summed E-state index contributed by atoms with van der Waals surface area (Å²) in [7, 11) is 0. The van der Waals surface area contributed by atoms with Crippen molar-refractivity contribution in [2.45, 2.75) is 64.5 Å². The Hall–Kier alpha value is -0.960. The van der Waals surface area contributed by atoms with Crippen molar-refractivity contribution in [3.8, 4) is 0 Å². The molecule has 0 bridgehead atoms. The maximum absolute atomic E-state index is 12.5. The van der Waals surface area contributed by atoms with Crippen molar-refractivity contribution in [3.63, 3.8) is 0 Å². The molecule has 7 atom stereocenters. The number of hydrogen-bond acceptors (Lipinski definition) is 3. The van der Waals surface area contributed by atoms with Crippen molar-refractivity contribution in [2.24, 2.45) is 28.6 Å². The molecule has 5 aliphatic rings. The normalized spacial score (nSPS) is 55.7. The highest BCUT2D eigenvalue weighted by Crippen LogP contribution is 2.66. The minimum atomic E-state index is -0.0575. The zero-order valence-electron chi connectivity index (χ0n) is 13.5. The maximum atomic E-state index is 12.5. The van der Waals surface area contributed by atoms with Crippen LogP contribution in [0.15, 0.2) is 11.6 Å². The number of hydrogen-bond donors (Lipinski definition) is 1. The second kappa shape index (κ2) is 3.92. The van der Waals surface area contributed by atoms with Gasteiger partial charge in [0, 0.05) is 30.3 Å². The Morgan fingerprint density at radius 1 is 1.05 bits per heavy atom. The third-order valence-electron chi connectivity index (χ3n) is 8.10. The first-order valence-electron chi connectivity index (χ1n) is 8.99. The van der Waals surface area contributed by atoms with Crippen molar-refractivity contribution < 1.29 is 9.59 Å². The summed E-state index contributed by atoms with van der Waals surface area (Å²) < 4.78 is 0. The Labute approximate surface area is 131 Å². The summed E-state index contributed by atoms with van der Waals surface area (Å²) in [6.45, 7) is 4.64. The van der Waals surface area contributed by atoms with Gasteiger partial charge in [0.15, 0.2) is 5.78 Å². The fourth-order valence-corrected chi connectivity index (χ4v) is 6.76. The van der Waals surface area contributed by atoms with Crippen LogP contribution >= 0.6 is 0 Å². The molecule has 0 unspecified atom stereocenters. The topological polar surface area (TPSA) is 56.1 Å². The van der Waals surface area contributed by atoms with Crippen LogP contribution in [-0.2, 0) is 9.59 Å². The molecule has 1 heterocycles. The average Bonchev–Trinajstić information content (AvgIpc) is 3.22. The smallest absolute Gasteiger partial charge is 0.155 e. The van der Waals surface area contributed by atoms with E-state index in [9.17, 15) is 9.59 Å². The zero-order chi connectivity index (χ0) is 15.3. The lowest BCUT2D eigenvalue weighted by Gasteiger charge is -2.55. The van der Waals surface area contributed by atoms with E-state index in [1.165, 1.54) is 5.57 Å². The number of carbonyl (C=O) groups is 2. The van der Waals surface area contributed by atoms with E-state index >= 15 is 0 Å². The van der Waals surface area contributed by atoms with Crippen molar-refractivity contribution >= 4 is 11.6 Å². The van der Waals surface area contributed by atoms with Crippen LogP contribution in [0.25, 0.3) is 0 Å². The van der Waals surface area contributed by atoms with E-state index in [1.807, 2.05) is 6.08 Å². The fraction of sp³-hybridized carbons (Fsp3) is 0.789. The van der Waals surface area contributed by atoms with Gasteiger partial charge < -0.3 is 5.32 Å². The SMILES string of the molecule is C[C@]12CCC(=O)C=C1[C@@H]1N[C@@H]1[C@@H]1[C@@H]2CC[C@]2(C)C(=O)CC[C@@H]12. The molecule has 4 fully saturated rings. The third kappa shape index (κ3) is 1.42. The summed E-state index contributed by atoms with van der Waals surface area (Å²) in [5, 5.41) is 3.69. The van der Waals surface area contributed by atoms with Crippen LogP contribution in [0.5, 0.6) is 0 Å². The monoisotopic (exact) mass is 299 g/mol. The van der Waals surface area contributed by atoms with Gasteiger partial charge in [0.2, 0.25) is 0 Å². The number of ketones is 2. The largest absolute Gasteiger partial charge is 0.304 e. The van der Waals surface area contributed by atoms with Gasteiger partial charge in [-0.15, -0.1) is 0 Å². The standard InChI is InChI=1S/C19H25NO2/c1-18-7-5-10(21)9-13(18)16-17(20-16)15-11-3-4-14(22)19(11,2)8-6-12(15)18/h9,11-12,15-17,20H,3-8H2,1-2H3/t11-,12-,15-,16-,17+,18+,19-/m0/s1. The van der Waals surface area contributed by atoms with Gasteiger partial charge >= 0.3 is 0 Å². The minimum absolute atomic E-state index is 0.0575. The molecule has 3 heteroatoms. The van der Waals surface area contributed by atoms with E-state index < -0.39 is 0 Å². The van der Waals surface area contributed by atoms with Gasteiger partial charge in [-0.05, 0) is 60.5 Å². The van der Waals surface area contributed by atoms with E-state index in [2.05, 4.69) is 19.2 Å². The molecule has 0 spiro atoms. The van der Waals surface area contributed by atoms with Crippen LogP contribution < -0.4 is 5.32 Å². The van der Waals surface area contributed by atoms with E-state index in [1.54, 1.807) is 0 Å². The lowest BCUT2D eigenvalue weighted by molar-refractivity contribution is -0.132. The van der Waals surface area contributed by atoms with Crippen molar-refractivity contribution in [1.82, 2.24) is 5.32 Å². The highest BCUT2D eigenvalue weighted by Gasteiger charge is 2.67. The van der Waals surface area contributed by atoms with E-state index in [-0.39, 0.29) is 10.8 Å². The molecular weight excluding hydrogens is 274 g/mol. The lowest BCUT2D eigenvalue weighted by atomic mass is 9.47. The van der Waals surface area contributed by atoms with Crippen molar-refractivity contribution in [2.75, 3.05) is 0 Å². The Morgan fingerprint density at radius 3 is 2.64 bits per heavy atom. The molecular formula is C19H25NO2. The predicted molar refractivity (Wildman–Crippen MR) is 83.2 cm³/mol. The van der Waals surface area contributed by atoms with Crippen LogP contribution in [0.1, 0.15) is 52.4 Å². The molecule has 0 aromatic heterocycles. The van der Waals surface area contributed by atoms with Crippen LogP contribution in [0.4, 0.5) is 0 Å². The summed E-state index contributed by atoms with van der Waals surface area (Å²) in [6, 6.07) is 0.958. The summed E-state index contributed by atoms with van der Waals surface area (Å²) in [5.74, 6) is 2.70. The molecule has 1 aliphatic heterocycles. The van der Waals surface area contributed by atoms with Gasteiger partial charge in [-0.25, -0.2) is 0 Å². The third-order valence-corrected chi connectivity index (χ3v) is 8.10. The first-order valence-corrected chi connectivity index (χ1v) is 8.99. The number of carbonyl (C=O) groups excluding carboxylic acids is 2. The van der Waals surface area contributed by atoms with Crippen LogP contribution in [0.2, 0.25) is 0 Å². The molecule has 3 nitrogen and oxygen atoms in total. The van der Waals surface area contributed by atoms with Gasteiger partial charge in [-0.1, -0.05) is 13.8 Å². The van der Waals surface area contributed by atoms with Crippen LogP contribution in [0.3, 0.4) is 0 Å². The predicted octanol–water partition coefficient (Wildman–Crippen LogP) is 2.65. The molecule has 5 rings (SSSR count). The van der Waals surface area contributed by atoms with Crippen molar-refractivity contribution in [3.05, 3.63) is 11.6 Å². The molecule has 1 saturated heterocycles. The van der Waals surface area contributed by atoms with Gasteiger partial charge in [0.1, 0.15) is 5.78 Å². The minimum Gasteiger partial charge on any atom is -0.304 e. The number of nitrogens with one attached hydrogen (secondary N) is 1. The van der Waals surface area contributed by atoms with Crippen LogP contribution in [-0.4, -0.2) is 23.7 Å². The molecule has 22 heavy (non-hydrogen) atoms. The fourth-order valence-electron chi connectivity index (χ4n) is 6.76. The molecule has 0 amide bonds. The molecule has 0 radical (unpaired) electrons. The quantitative estimate of drug-likeness (QED) is 0.700. The van der Waals surface area contributed by atoms with E-state index in [4.69, 9.17) is 0 Å². The summed E-state index contributed by atoms with van der Waals surface area (Å²) >= 11 is 0. The van der Waals surface area contributed by atoms with E-state index in [0.29, 0.717) is 47.8 Å². The molecule has 118 valence electrons. The van der Waals surface area contributed by atoms with Gasteiger partial charge in [0.25, 0.3) is 0 Å².